The van der Waals surface area contributed by atoms with Crippen molar-refractivity contribution in [1.29, 1.82) is 0 Å². The number of aromatic amines is 1. The van der Waals surface area contributed by atoms with Gasteiger partial charge in [0.15, 0.2) is 5.78 Å². The number of fused-ring (bicyclic) bond motifs is 1. The Bertz CT molecular complexity index is 1950. The van der Waals surface area contributed by atoms with Gasteiger partial charge >= 0.3 is 18.1 Å². The minimum absolute atomic E-state index is 0.0203. The van der Waals surface area contributed by atoms with Gasteiger partial charge in [0.05, 0.1) is 11.1 Å². The molecule has 5 rings (SSSR count). The zero-order valence-electron chi connectivity index (χ0n) is 26.6. The molecule has 14 heteroatoms. The fourth-order valence-corrected chi connectivity index (χ4v) is 4.51. The summed E-state index contributed by atoms with van der Waals surface area (Å²) in [4.78, 5) is 60.7. The molecule has 0 aliphatic rings. The first-order chi connectivity index (χ1) is 23.7. The number of aliphatic carboxylic acids is 2. The predicted molar refractivity (Wildman–Crippen MR) is 180 cm³/mol. The number of para-hydroxylation sites is 1. The molecule has 0 saturated heterocycles. The number of nitrogens with one attached hydrogen (secondary N) is 2. The van der Waals surface area contributed by atoms with E-state index in [4.69, 9.17) is 20.7 Å². The molecule has 0 spiro atoms. The van der Waals surface area contributed by atoms with E-state index in [0.717, 1.165) is 16.5 Å². The topological polar surface area (TPSA) is 183 Å². The Hall–Kier alpha value is -6.28. The van der Waals surface area contributed by atoms with Crippen LogP contribution in [-0.2, 0) is 22.7 Å². The van der Waals surface area contributed by atoms with E-state index in [1.807, 2.05) is 42.5 Å². The average Bonchev–Trinajstić information content (AvgIpc) is 3.55. The molecule has 0 aliphatic heterocycles. The Balaban J connectivity index is 0.000000228. The SMILES string of the molecule is CC(=O)c1c[nH]c2c(C(=O)NCc3ccccc3)cccc12.NCc1cccc(N(CC(=O)O)C(=O)c2ccccc2)c1.O=C(O)C(F)(F)F. The van der Waals surface area contributed by atoms with Crippen LogP contribution in [0.2, 0.25) is 0 Å². The van der Waals surface area contributed by atoms with Crippen molar-refractivity contribution >= 4 is 46.1 Å². The number of rotatable bonds is 9. The van der Waals surface area contributed by atoms with E-state index in [1.54, 1.807) is 66.9 Å². The molecular weight excluding hydrogens is 657 g/mol. The molecular formula is C36H33F3N4O7. The third-order valence-corrected chi connectivity index (χ3v) is 6.89. The van der Waals surface area contributed by atoms with E-state index < -0.39 is 24.7 Å². The Morgan fingerprint density at radius 2 is 1.38 bits per heavy atom. The Morgan fingerprint density at radius 1 is 0.800 bits per heavy atom. The minimum atomic E-state index is -5.08. The van der Waals surface area contributed by atoms with Crippen LogP contribution in [0.4, 0.5) is 18.9 Å². The van der Waals surface area contributed by atoms with Crippen LogP contribution < -0.4 is 16.0 Å². The van der Waals surface area contributed by atoms with Crippen LogP contribution >= 0.6 is 0 Å². The van der Waals surface area contributed by atoms with Crippen LogP contribution in [0.15, 0.2) is 109 Å². The van der Waals surface area contributed by atoms with Gasteiger partial charge in [0.1, 0.15) is 6.54 Å². The number of ketones is 1. The van der Waals surface area contributed by atoms with E-state index in [1.165, 1.54) is 11.8 Å². The first-order valence-electron chi connectivity index (χ1n) is 14.8. The van der Waals surface area contributed by atoms with E-state index in [9.17, 15) is 32.3 Å². The van der Waals surface area contributed by atoms with Crippen molar-refractivity contribution in [1.82, 2.24) is 10.3 Å². The number of aromatic nitrogens is 1. The summed E-state index contributed by atoms with van der Waals surface area (Å²) in [5.74, 6) is -4.36. The Morgan fingerprint density at radius 3 is 1.94 bits per heavy atom. The van der Waals surface area contributed by atoms with Crippen molar-refractivity contribution in [3.8, 4) is 0 Å². The number of hydrogen-bond donors (Lipinski definition) is 5. The molecule has 2 amide bonds. The number of carboxylic acid groups (broad SMARTS) is 2. The number of nitrogens with two attached hydrogens (primary N) is 1. The molecule has 11 nitrogen and oxygen atoms in total. The fourth-order valence-electron chi connectivity index (χ4n) is 4.51. The second-order valence-electron chi connectivity index (χ2n) is 10.5. The highest BCUT2D eigenvalue weighted by Gasteiger charge is 2.38. The number of alkyl halides is 3. The number of carboxylic acids is 2. The largest absolute Gasteiger partial charge is 0.490 e. The molecule has 0 aliphatic carbocycles. The van der Waals surface area contributed by atoms with Crippen LogP contribution in [0.1, 0.15) is 49.1 Å². The summed E-state index contributed by atoms with van der Waals surface area (Å²) in [6.45, 7) is 1.91. The summed E-state index contributed by atoms with van der Waals surface area (Å²) < 4.78 is 31.7. The van der Waals surface area contributed by atoms with Gasteiger partial charge < -0.3 is 26.2 Å². The molecule has 1 heterocycles. The van der Waals surface area contributed by atoms with Crippen LogP contribution in [0.3, 0.4) is 0 Å². The Labute approximate surface area is 284 Å². The van der Waals surface area contributed by atoms with Gasteiger partial charge in [-0.1, -0.05) is 72.8 Å². The predicted octanol–water partition coefficient (Wildman–Crippen LogP) is 5.81. The van der Waals surface area contributed by atoms with Crippen LogP contribution in [0.5, 0.6) is 0 Å². The highest BCUT2D eigenvalue weighted by molar-refractivity contribution is 6.13. The lowest BCUT2D eigenvalue weighted by Gasteiger charge is -2.21. The number of H-pyrrole nitrogens is 1. The van der Waals surface area contributed by atoms with E-state index in [2.05, 4.69) is 10.3 Å². The first kappa shape index (κ1) is 38.2. The second-order valence-corrected chi connectivity index (χ2v) is 10.5. The fraction of sp³-hybridized carbons (Fsp3) is 0.139. The molecule has 50 heavy (non-hydrogen) atoms. The Kier molecular flexibility index (Phi) is 13.6. The number of Topliss-reactive ketones (excluding diaryl/α,β-unsaturated/α-hetero) is 1. The van der Waals surface area contributed by atoms with Crippen molar-refractivity contribution in [3.05, 3.63) is 137 Å². The lowest BCUT2D eigenvalue weighted by atomic mass is 10.1. The number of benzene rings is 4. The maximum Gasteiger partial charge on any atom is 0.490 e. The summed E-state index contributed by atoms with van der Waals surface area (Å²) in [6.07, 6.45) is -3.43. The number of amides is 2. The molecule has 0 saturated carbocycles. The highest BCUT2D eigenvalue weighted by Crippen LogP contribution is 2.23. The van der Waals surface area contributed by atoms with E-state index >= 15 is 0 Å². The van der Waals surface area contributed by atoms with Crippen LogP contribution in [-0.4, -0.2) is 57.5 Å². The molecule has 6 N–H and O–H groups in total. The summed E-state index contributed by atoms with van der Waals surface area (Å²) in [7, 11) is 0. The lowest BCUT2D eigenvalue weighted by Crippen LogP contribution is -2.35. The number of halogens is 3. The lowest BCUT2D eigenvalue weighted by molar-refractivity contribution is -0.192. The second kappa shape index (κ2) is 17.8. The van der Waals surface area contributed by atoms with E-state index in [-0.39, 0.29) is 17.6 Å². The number of nitrogens with zero attached hydrogens (tertiary/aromatic N) is 1. The standard InChI is InChI=1S/C18H16N2O2.C16H16N2O3.C2HF3O2/c1-12(21)16-11-19-17-14(16)8-5-9-15(17)18(22)20-10-13-6-3-2-4-7-13;17-10-12-5-4-8-14(9-12)18(11-15(19)20)16(21)13-6-2-1-3-7-13;3-2(4,5)1(6)7/h2-9,11,19H,10H2,1H3,(H,20,22);1-9H,10-11,17H2,(H,19,20);(H,6,7). The molecule has 0 radical (unpaired) electrons. The molecule has 0 atom stereocenters. The molecule has 0 bridgehead atoms. The zero-order chi connectivity index (χ0) is 36.8. The number of carbonyl (C=O) groups is 5. The van der Waals surface area contributed by atoms with Crippen molar-refractivity contribution in [2.45, 2.75) is 26.2 Å². The molecule has 0 unspecified atom stereocenters. The summed E-state index contributed by atoms with van der Waals surface area (Å²) in [5, 5.41) is 19.9. The number of anilines is 1. The summed E-state index contributed by atoms with van der Waals surface area (Å²) >= 11 is 0. The maximum atomic E-state index is 12.5. The maximum absolute atomic E-state index is 12.5. The van der Waals surface area contributed by atoms with Gasteiger partial charge in [-0.05, 0) is 48.4 Å². The highest BCUT2D eigenvalue weighted by atomic mass is 19.4. The van der Waals surface area contributed by atoms with Crippen molar-refractivity contribution in [3.63, 3.8) is 0 Å². The van der Waals surface area contributed by atoms with Crippen LogP contribution in [0, 0.1) is 0 Å². The van der Waals surface area contributed by atoms with Gasteiger partial charge in [0.25, 0.3) is 11.8 Å². The zero-order valence-corrected chi connectivity index (χ0v) is 26.6. The normalized spacial score (nSPS) is 10.5. The van der Waals surface area contributed by atoms with Gasteiger partial charge in [0.2, 0.25) is 0 Å². The minimum Gasteiger partial charge on any atom is -0.480 e. The van der Waals surface area contributed by atoms with Crippen molar-refractivity contribution < 1.29 is 47.4 Å². The van der Waals surface area contributed by atoms with Gasteiger partial charge in [0, 0.05) is 41.5 Å². The van der Waals surface area contributed by atoms with Gasteiger partial charge in [-0.15, -0.1) is 0 Å². The molecule has 0 fully saturated rings. The van der Waals surface area contributed by atoms with Gasteiger partial charge in [-0.2, -0.15) is 13.2 Å². The monoisotopic (exact) mass is 690 g/mol. The molecule has 5 aromatic rings. The third-order valence-electron chi connectivity index (χ3n) is 6.89. The summed E-state index contributed by atoms with van der Waals surface area (Å²) in [5.41, 5.74) is 10.3. The summed E-state index contributed by atoms with van der Waals surface area (Å²) in [6, 6.07) is 30.7. The van der Waals surface area contributed by atoms with Crippen LogP contribution in [0.25, 0.3) is 10.9 Å². The van der Waals surface area contributed by atoms with Gasteiger partial charge in [-0.25, -0.2) is 4.79 Å². The van der Waals surface area contributed by atoms with E-state index in [0.29, 0.717) is 41.0 Å². The molecule has 260 valence electrons. The number of carbonyl (C=O) groups excluding carboxylic acids is 3. The first-order valence-corrected chi connectivity index (χ1v) is 14.8. The quantitative estimate of drug-likeness (QED) is 0.120. The van der Waals surface area contributed by atoms with Crippen molar-refractivity contribution in [2.24, 2.45) is 5.73 Å². The molecule has 1 aromatic heterocycles. The average molecular weight is 691 g/mol. The smallest absolute Gasteiger partial charge is 0.480 e. The van der Waals surface area contributed by atoms with Crippen molar-refractivity contribution in [2.75, 3.05) is 11.4 Å². The molecule has 4 aromatic carbocycles. The van der Waals surface area contributed by atoms with Gasteiger partial charge in [-0.3, -0.25) is 24.1 Å². The number of hydrogen-bond acceptors (Lipinski definition) is 6. The third kappa shape index (κ3) is 10.9.